The van der Waals surface area contributed by atoms with Gasteiger partial charge in [-0.1, -0.05) is 24.3 Å². The molecule has 0 spiro atoms. The van der Waals surface area contributed by atoms with Gasteiger partial charge in [0.05, 0.1) is 6.42 Å². The monoisotopic (exact) mass is 414 g/mol. The van der Waals surface area contributed by atoms with Crippen LogP contribution in [0.3, 0.4) is 0 Å². The van der Waals surface area contributed by atoms with Gasteiger partial charge in [-0.2, -0.15) is 0 Å². The molecule has 0 aromatic heterocycles. The van der Waals surface area contributed by atoms with Crippen LogP contribution in [0.2, 0.25) is 0 Å². The minimum Gasteiger partial charge on any atom is -0.484 e. The van der Waals surface area contributed by atoms with E-state index in [0.717, 1.165) is 12.1 Å². The van der Waals surface area contributed by atoms with Crippen molar-refractivity contribution in [3.8, 4) is 5.75 Å². The van der Waals surface area contributed by atoms with Gasteiger partial charge in [-0.15, -0.1) is 0 Å². The number of carbonyl (C=O) groups excluding carboxylic acids is 1. The normalized spacial score (nSPS) is 19.5. The topological polar surface area (TPSA) is 70.1 Å². The summed E-state index contributed by atoms with van der Waals surface area (Å²) in [5, 5.41) is 8.90. The van der Waals surface area contributed by atoms with Crippen molar-refractivity contribution in [2.75, 3.05) is 19.7 Å². The van der Waals surface area contributed by atoms with Gasteiger partial charge in [0.2, 0.25) is 0 Å². The lowest BCUT2D eigenvalue weighted by Gasteiger charge is -2.44. The second-order valence-electron chi connectivity index (χ2n) is 7.81. The number of halogens is 1. The average Bonchev–Trinajstić information content (AvgIpc) is 2.70. The molecule has 0 saturated carbocycles. The van der Waals surface area contributed by atoms with Gasteiger partial charge in [0.25, 0.3) is 5.91 Å². The summed E-state index contributed by atoms with van der Waals surface area (Å²) >= 11 is 0. The number of piperazine rings is 1. The fourth-order valence-corrected chi connectivity index (χ4v) is 3.74. The maximum absolute atomic E-state index is 13.1. The minimum absolute atomic E-state index is 0.0242. The molecule has 6 nitrogen and oxygen atoms in total. The molecule has 0 aliphatic carbocycles. The maximum Gasteiger partial charge on any atom is 0.307 e. The molecule has 7 heteroatoms. The van der Waals surface area contributed by atoms with Crippen molar-refractivity contribution in [3.63, 3.8) is 0 Å². The Kier molecular flexibility index (Phi) is 7.05. The van der Waals surface area contributed by atoms with Gasteiger partial charge >= 0.3 is 5.97 Å². The number of hydrogen-bond donors (Lipinski definition) is 1. The SMILES string of the molecule is C[C@@H]1CN(Cc2ccc(F)cc2)[C@@H](C)CN1C(=O)COc1cccc(CC(=O)O)c1. The van der Waals surface area contributed by atoms with Crippen LogP contribution in [0.15, 0.2) is 48.5 Å². The first-order chi connectivity index (χ1) is 14.3. The minimum atomic E-state index is -0.912. The van der Waals surface area contributed by atoms with Crippen molar-refractivity contribution in [1.82, 2.24) is 9.80 Å². The van der Waals surface area contributed by atoms with Crippen LogP contribution in [-0.4, -0.2) is 58.6 Å². The number of benzene rings is 2. The molecule has 1 N–H and O–H groups in total. The number of carboxylic acids is 1. The van der Waals surface area contributed by atoms with Crippen LogP contribution in [0.5, 0.6) is 5.75 Å². The predicted molar refractivity (Wildman–Crippen MR) is 111 cm³/mol. The fraction of sp³-hybridized carbons (Fsp3) is 0.391. The molecule has 2 aromatic rings. The number of carboxylic acid groups (broad SMARTS) is 1. The van der Waals surface area contributed by atoms with Gasteiger partial charge in [-0.3, -0.25) is 14.5 Å². The smallest absolute Gasteiger partial charge is 0.307 e. The number of amides is 1. The molecular weight excluding hydrogens is 387 g/mol. The van der Waals surface area contributed by atoms with Crippen LogP contribution >= 0.6 is 0 Å². The zero-order valence-electron chi connectivity index (χ0n) is 17.3. The second kappa shape index (κ2) is 9.71. The zero-order valence-corrected chi connectivity index (χ0v) is 17.3. The Labute approximate surface area is 175 Å². The number of aliphatic carboxylic acids is 1. The van der Waals surface area contributed by atoms with Crippen LogP contribution in [0.1, 0.15) is 25.0 Å². The van der Waals surface area contributed by atoms with E-state index >= 15 is 0 Å². The van der Waals surface area contributed by atoms with Crippen LogP contribution in [0, 0.1) is 5.82 Å². The molecule has 1 heterocycles. The third kappa shape index (κ3) is 5.79. The van der Waals surface area contributed by atoms with Crippen molar-refractivity contribution in [1.29, 1.82) is 0 Å². The molecule has 0 bridgehead atoms. The molecule has 1 aliphatic rings. The van der Waals surface area contributed by atoms with E-state index in [4.69, 9.17) is 9.84 Å². The first-order valence-electron chi connectivity index (χ1n) is 10.0. The standard InChI is InChI=1S/C23H27FN2O4/c1-16-13-26(17(2)12-25(16)14-18-6-8-20(24)9-7-18)22(27)15-30-21-5-3-4-19(10-21)11-23(28)29/h3-10,16-17H,11-15H2,1-2H3,(H,28,29)/t16-,17+/m0/s1. The van der Waals surface area contributed by atoms with Crippen molar-refractivity contribution in [2.24, 2.45) is 0 Å². The van der Waals surface area contributed by atoms with Gasteiger partial charge in [0.15, 0.2) is 6.61 Å². The van der Waals surface area contributed by atoms with E-state index < -0.39 is 5.97 Å². The third-order valence-corrected chi connectivity index (χ3v) is 5.35. The molecule has 3 rings (SSSR count). The van der Waals surface area contributed by atoms with Crippen LogP contribution < -0.4 is 4.74 Å². The van der Waals surface area contributed by atoms with Crippen molar-refractivity contribution in [3.05, 3.63) is 65.5 Å². The molecule has 0 radical (unpaired) electrons. The molecule has 1 fully saturated rings. The van der Waals surface area contributed by atoms with Gasteiger partial charge in [-0.25, -0.2) is 4.39 Å². The number of ether oxygens (including phenoxy) is 1. The van der Waals surface area contributed by atoms with Crippen LogP contribution in [0.4, 0.5) is 4.39 Å². The molecule has 1 amide bonds. The highest BCUT2D eigenvalue weighted by Crippen LogP contribution is 2.19. The van der Waals surface area contributed by atoms with E-state index in [1.54, 1.807) is 36.4 Å². The molecule has 2 atom stereocenters. The summed E-state index contributed by atoms with van der Waals surface area (Å²) in [4.78, 5) is 27.7. The average molecular weight is 414 g/mol. The van der Waals surface area contributed by atoms with E-state index in [-0.39, 0.29) is 36.8 Å². The summed E-state index contributed by atoms with van der Waals surface area (Å²) in [6, 6.07) is 13.5. The lowest BCUT2D eigenvalue weighted by Crippen LogP contribution is -2.58. The Balaban J connectivity index is 1.54. The highest BCUT2D eigenvalue weighted by Gasteiger charge is 2.32. The fourth-order valence-electron chi connectivity index (χ4n) is 3.74. The lowest BCUT2D eigenvalue weighted by molar-refractivity contribution is -0.139. The molecule has 30 heavy (non-hydrogen) atoms. The number of hydrogen-bond acceptors (Lipinski definition) is 4. The maximum atomic E-state index is 13.1. The summed E-state index contributed by atoms with van der Waals surface area (Å²) in [5.74, 6) is -0.772. The summed E-state index contributed by atoms with van der Waals surface area (Å²) in [7, 11) is 0. The number of rotatable bonds is 7. The Morgan fingerprint density at radius 3 is 2.50 bits per heavy atom. The Morgan fingerprint density at radius 1 is 1.07 bits per heavy atom. The Hall–Kier alpha value is -2.93. The van der Waals surface area contributed by atoms with E-state index in [0.29, 0.717) is 24.4 Å². The molecule has 1 aliphatic heterocycles. The summed E-state index contributed by atoms with van der Waals surface area (Å²) in [5.41, 5.74) is 1.67. The summed E-state index contributed by atoms with van der Waals surface area (Å²) in [6.07, 6.45) is -0.0876. The first kappa shape index (κ1) is 21.8. The van der Waals surface area contributed by atoms with Gasteiger partial charge in [0.1, 0.15) is 11.6 Å². The second-order valence-corrected chi connectivity index (χ2v) is 7.81. The van der Waals surface area contributed by atoms with Crippen LogP contribution in [0.25, 0.3) is 0 Å². The third-order valence-electron chi connectivity index (χ3n) is 5.35. The highest BCUT2D eigenvalue weighted by atomic mass is 19.1. The Bertz CT molecular complexity index is 887. The van der Waals surface area contributed by atoms with Gasteiger partial charge < -0.3 is 14.7 Å². The van der Waals surface area contributed by atoms with E-state index in [1.165, 1.54) is 12.1 Å². The largest absolute Gasteiger partial charge is 0.484 e. The van der Waals surface area contributed by atoms with E-state index in [1.807, 2.05) is 11.8 Å². The molecular formula is C23H27FN2O4. The lowest BCUT2D eigenvalue weighted by atomic mass is 10.1. The van der Waals surface area contributed by atoms with Crippen molar-refractivity contribution in [2.45, 2.75) is 38.9 Å². The van der Waals surface area contributed by atoms with E-state index in [2.05, 4.69) is 11.8 Å². The summed E-state index contributed by atoms with van der Waals surface area (Å²) < 4.78 is 18.7. The van der Waals surface area contributed by atoms with Crippen molar-refractivity contribution < 1.29 is 23.8 Å². The predicted octanol–water partition coefficient (Wildman–Crippen LogP) is 2.95. The van der Waals surface area contributed by atoms with Gasteiger partial charge in [0, 0.05) is 31.7 Å². The number of nitrogens with zero attached hydrogens (tertiary/aromatic N) is 2. The molecule has 0 unspecified atom stereocenters. The summed E-state index contributed by atoms with van der Waals surface area (Å²) in [6.45, 7) is 6.01. The zero-order chi connectivity index (χ0) is 21.7. The first-order valence-corrected chi connectivity index (χ1v) is 10.0. The van der Waals surface area contributed by atoms with E-state index in [9.17, 15) is 14.0 Å². The van der Waals surface area contributed by atoms with Crippen molar-refractivity contribution >= 4 is 11.9 Å². The van der Waals surface area contributed by atoms with Crippen LogP contribution in [-0.2, 0) is 22.6 Å². The molecule has 160 valence electrons. The number of carbonyl (C=O) groups is 2. The molecule has 2 aromatic carbocycles. The van der Waals surface area contributed by atoms with Gasteiger partial charge in [-0.05, 0) is 49.2 Å². The highest BCUT2D eigenvalue weighted by molar-refractivity contribution is 5.78. The molecule has 1 saturated heterocycles. The quantitative estimate of drug-likeness (QED) is 0.754. The Morgan fingerprint density at radius 2 is 1.80 bits per heavy atom.